The first-order valence-corrected chi connectivity index (χ1v) is 7.93. The highest BCUT2D eigenvalue weighted by Gasteiger charge is 2.23. The van der Waals surface area contributed by atoms with Crippen molar-refractivity contribution in [3.05, 3.63) is 72.8 Å². The van der Waals surface area contributed by atoms with Crippen LogP contribution in [0.15, 0.2) is 42.5 Å². The first-order valence-electron chi connectivity index (χ1n) is 6.86. The van der Waals surface area contributed by atoms with Crippen LogP contribution in [0.3, 0.4) is 0 Å². The van der Waals surface area contributed by atoms with E-state index in [-0.39, 0.29) is 16.8 Å². The van der Waals surface area contributed by atoms with Crippen LogP contribution in [0.1, 0.15) is 21.5 Å². The summed E-state index contributed by atoms with van der Waals surface area (Å²) < 4.78 is 10.8. The minimum atomic E-state index is -0.631. The molecule has 0 saturated carbocycles. The number of halogens is 1. The molecule has 0 fully saturated rings. The molecule has 0 aliphatic heterocycles. The van der Waals surface area contributed by atoms with Crippen molar-refractivity contribution in [2.45, 2.75) is 0 Å². The maximum absolute atomic E-state index is 11.9. The Morgan fingerprint density at radius 3 is 2.38 bits per heavy atom. The van der Waals surface area contributed by atoms with Gasteiger partial charge >= 0.3 is 5.97 Å². The van der Waals surface area contributed by atoms with E-state index in [1.807, 2.05) is 6.07 Å². The number of methoxy groups -OCH3 is 2. The van der Waals surface area contributed by atoms with Crippen LogP contribution in [0.2, 0.25) is 0 Å². The standard InChI is InChI=1S/C17H14INO5/c1-23-16-9-5-8-14(18)13(16)10-15(19(21)22)11-6-3-4-7-12(11)17(20)24-2/h3-10H,1-2H3. The van der Waals surface area contributed by atoms with Crippen molar-refractivity contribution in [3.8, 4) is 5.75 Å². The van der Waals surface area contributed by atoms with Crippen LogP contribution >= 0.6 is 22.6 Å². The van der Waals surface area contributed by atoms with Gasteiger partial charge in [0.15, 0.2) is 0 Å². The monoisotopic (exact) mass is 439 g/mol. The van der Waals surface area contributed by atoms with Crippen molar-refractivity contribution in [3.63, 3.8) is 0 Å². The zero-order valence-corrected chi connectivity index (χ0v) is 15.1. The van der Waals surface area contributed by atoms with Crippen LogP contribution in [0, 0.1) is 13.7 Å². The molecule has 0 aliphatic carbocycles. The number of carbonyl (C=O) groups excluding carboxylic acids is 1. The number of ether oxygens (including phenoxy) is 2. The summed E-state index contributed by atoms with van der Waals surface area (Å²) in [5.41, 5.74) is 0.689. The van der Waals surface area contributed by atoms with Crippen molar-refractivity contribution in [2.24, 2.45) is 0 Å². The predicted octanol–water partition coefficient (Wildman–Crippen LogP) is 3.86. The predicted molar refractivity (Wildman–Crippen MR) is 98.4 cm³/mol. The maximum Gasteiger partial charge on any atom is 0.338 e. The number of carbonyl (C=O) groups is 1. The fourth-order valence-corrected chi connectivity index (χ4v) is 2.82. The summed E-state index contributed by atoms with van der Waals surface area (Å²) >= 11 is 2.08. The Labute approximate surface area is 152 Å². The lowest BCUT2D eigenvalue weighted by Gasteiger charge is -2.09. The van der Waals surface area contributed by atoms with Crippen LogP contribution < -0.4 is 4.74 Å². The molecule has 124 valence electrons. The lowest BCUT2D eigenvalue weighted by atomic mass is 10.0. The molecule has 6 nitrogen and oxygen atoms in total. The van der Waals surface area contributed by atoms with Gasteiger partial charge in [-0.05, 0) is 46.9 Å². The molecule has 0 amide bonds. The SMILES string of the molecule is COC(=O)c1ccccc1C(=Cc1c(I)cccc1OC)[N+](=O)[O-]. The summed E-state index contributed by atoms with van der Waals surface area (Å²) in [7, 11) is 2.73. The molecule has 0 aliphatic rings. The summed E-state index contributed by atoms with van der Waals surface area (Å²) in [6, 6.07) is 11.6. The first-order chi connectivity index (χ1) is 11.5. The fourth-order valence-electron chi connectivity index (χ4n) is 2.20. The van der Waals surface area contributed by atoms with E-state index in [1.54, 1.807) is 24.3 Å². The van der Waals surface area contributed by atoms with Gasteiger partial charge in [0.05, 0.1) is 30.3 Å². The van der Waals surface area contributed by atoms with E-state index < -0.39 is 10.9 Å². The number of rotatable bonds is 5. The molecular formula is C17H14INO5. The molecule has 2 rings (SSSR count). The molecule has 2 aromatic rings. The Kier molecular flexibility index (Phi) is 5.91. The average molecular weight is 439 g/mol. The van der Waals surface area contributed by atoms with Gasteiger partial charge in [0, 0.05) is 15.2 Å². The van der Waals surface area contributed by atoms with Crippen LogP contribution in [-0.2, 0) is 4.74 Å². The summed E-state index contributed by atoms with van der Waals surface area (Å²) in [5, 5.41) is 11.6. The topological polar surface area (TPSA) is 78.7 Å². The Bertz CT molecular complexity index is 816. The molecule has 0 spiro atoms. The number of hydrogen-bond acceptors (Lipinski definition) is 5. The molecule has 0 aromatic heterocycles. The van der Waals surface area contributed by atoms with Crippen molar-refractivity contribution >= 4 is 40.3 Å². The smallest absolute Gasteiger partial charge is 0.338 e. The lowest BCUT2D eigenvalue weighted by Crippen LogP contribution is -2.08. The zero-order chi connectivity index (χ0) is 17.7. The number of hydrogen-bond donors (Lipinski definition) is 0. The molecule has 0 bridgehead atoms. The quantitative estimate of drug-likeness (QED) is 0.233. The van der Waals surface area contributed by atoms with Crippen LogP contribution in [-0.4, -0.2) is 25.1 Å². The molecule has 0 heterocycles. The third kappa shape index (κ3) is 3.73. The highest BCUT2D eigenvalue weighted by Crippen LogP contribution is 2.30. The third-order valence-electron chi connectivity index (χ3n) is 3.32. The van der Waals surface area contributed by atoms with Gasteiger partial charge in [-0.1, -0.05) is 18.2 Å². The van der Waals surface area contributed by atoms with E-state index in [0.717, 1.165) is 3.57 Å². The Morgan fingerprint density at radius 2 is 1.79 bits per heavy atom. The molecule has 2 aromatic carbocycles. The van der Waals surface area contributed by atoms with E-state index >= 15 is 0 Å². The summed E-state index contributed by atoms with van der Waals surface area (Å²) in [4.78, 5) is 23.0. The normalized spacial score (nSPS) is 11.0. The van der Waals surface area contributed by atoms with Crippen LogP contribution in [0.5, 0.6) is 5.75 Å². The molecule has 0 N–H and O–H groups in total. The minimum absolute atomic E-state index is 0.132. The highest BCUT2D eigenvalue weighted by atomic mass is 127. The van der Waals surface area contributed by atoms with Crippen LogP contribution in [0.25, 0.3) is 11.8 Å². The number of nitrogens with zero attached hydrogens (tertiary/aromatic N) is 1. The molecule has 0 radical (unpaired) electrons. The molecule has 7 heteroatoms. The fraction of sp³-hybridized carbons (Fsp3) is 0.118. The van der Waals surface area contributed by atoms with Crippen molar-refractivity contribution in [1.82, 2.24) is 0 Å². The Balaban J connectivity index is 2.70. The largest absolute Gasteiger partial charge is 0.496 e. The van der Waals surface area contributed by atoms with Gasteiger partial charge in [0.1, 0.15) is 5.75 Å². The number of benzene rings is 2. The number of nitro groups is 1. The summed E-state index contributed by atoms with van der Waals surface area (Å²) in [6.45, 7) is 0. The second kappa shape index (κ2) is 7.91. The van der Waals surface area contributed by atoms with Gasteiger partial charge in [-0.3, -0.25) is 10.1 Å². The maximum atomic E-state index is 11.9. The van der Waals surface area contributed by atoms with E-state index in [1.165, 1.54) is 32.4 Å². The van der Waals surface area contributed by atoms with Gasteiger partial charge in [-0.2, -0.15) is 0 Å². The zero-order valence-electron chi connectivity index (χ0n) is 13.0. The molecule has 0 saturated heterocycles. The van der Waals surface area contributed by atoms with Gasteiger partial charge in [0.25, 0.3) is 5.70 Å². The lowest BCUT2D eigenvalue weighted by molar-refractivity contribution is -0.374. The number of esters is 1. The highest BCUT2D eigenvalue weighted by molar-refractivity contribution is 14.1. The molecule has 0 atom stereocenters. The summed E-state index contributed by atoms with van der Waals surface area (Å²) in [5.74, 6) is -0.120. The van der Waals surface area contributed by atoms with Crippen molar-refractivity contribution in [2.75, 3.05) is 14.2 Å². The molecular weight excluding hydrogens is 425 g/mol. The van der Waals surface area contributed by atoms with E-state index in [9.17, 15) is 14.9 Å². The second-order valence-corrected chi connectivity index (χ2v) is 5.84. The van der Waals surface area contributed by atoms with Crippen molar-refractivity contribution < 1.29 is 19.2 Å². The molecule has 24 heavy (non-hydrogen) atoms. The van der Waals surface area contributed by atoms with Crippen LogP contribution in [0.4, 0.5) is 0 Å². The minimum Gasteiger partial charge on any atom is -0.496 e. The third-order valence-corrected chi connectivity index (χ3v) is 4.26. The Hall–Kier alpha value is -2.42. The van der Waals surface area contributed by atoms with E-state index in [2.05, 4.69) is 22.6 Å². The van der Waals surface area contributed by atoms with Gasteiger partial charge in [-0.15, -0.1) is 0 Å². The van der Waals surface area contributed by atoms with Gasteiger partial charge < -0.3 is 9.47 Å². The van der Waals surface area contributed by atoms with Gasteiger partial charge in [0.2, 0.25) is 0 Å². The molecule has 0 unspecified atom stereocenters. The van der Waals surface area contributed by atoms with E-state index in [0.29, 0.717) is 11.3 Å². The van der Waals surface area contributed by atoms with E-state index in [4.69, 9.17) is 9.47 Å². The average Bonchev–Trinajstić information content (AvgIpc) is 2.59. The Morgan fingerprint density at radius 1 is 1.12 bits per heavy atom. The van der Waals surface area contributed by atoms with Gasteiger partial charge in [-0.25, -0.2) is 4.79 Å². The first kappa shape index (κ1) is 17.9. The van der Waals surface area contributed by atoms with Crippen molar-refractivity contribution in [1.29, 1.82) is 0 Å². The summed E-state index contributed by atoms with van der Waals surface area (Å²) in [6.07, 6.45) is 1.41. The second-order valence-electron chi connectivity index (χ2n) is 4.68.